The largest absolute Gasteiger partial charge is 0.444 e. The molecule has 128 valence electrons. The first-order valence-corrected chi connectivity index (χ1v) is 9.47. The molecule has 1 heterocycles. The molecule has 1 aromatic carbocycles. The average molecular weight is 378 g/mol. The first-order chi connectivity index (χ1) is 10.7. The van der Waals surface area contributed by atoms with Gasteiger partial charge in [-0.3, -0.25) is 4.21 Å². The van der Waals surface area contributed by atoms with Gasteiger partial charge in [-0.05, 0) is 51.8 Å². The van der Waals surface area contributed by atoms with Crippen molar-refractivity contribution in [1.29, 1.82) is 0 Å². The molecule has 0 bridgehead atoms. The third-order valence-corrected chi connectivity index (χ3v) is 5.68. The fourth-order valence-electron chi connectivity index (χ4n) is 2.42. The van der Waals surface area contributed by atoms with E-state index in [-0.39, 0.29) is 11.3 Å². The zero-order chi connectivity index (χ0) is 17.2. The van der Waals surface area contributed by atoms with Crippen molar-refractivity contribution in [3.05, 3.63) is 28.2 Å². The van der Waals surface area contributed by atoms with Crippen molar-refractivity contribution >= 4 is 40.1 Å². The summed E-state index contributed by atoms with van der Waals surface area (Å²) in [6.07, 6.45) is 1.01. The van der Waals surface area contributed by atoms with E-state index in [9.17, 15) is 9.00 Å². The normalized spacial score (nSPS) is 17.9. The van der Waals surface area contributed by atoms with Crippen LogP contribution in [0.15, 0.2) is 23.1 Å². The van der Waals surface area contributed by atoms with Gasteiger partial charge in [-0.2, -0.15) is 0 Å². The van der Waals surface area contributed by atoms with Crippen LogP contribution in [0.4, 0.5) is 4.79 Å². The lowest BCUT2D eigenvalue weighted by Crippen LogP contribution is -2.43. The van der Waals surface area contributed by atoms with Crippen molar-refractivity contribution in [2.75, 3.05) is 13.1 Å². The number of hydrogen-bond acceptors (Lipinski definition) is 3. The van der Waals surface area contributed by atoms with Gasteiger partial charge in [0.15, 0.2) is 0 Å². The maximum atomic E-state index is 12.7. The van der Waals surface area contributed by atoms with Crippen molar-refractivity contribution in [3.8, 4) is 0 Å². The minimum Gasteiger partial charge on any atom is -0.444 e. The van der Waals surface area contributed by atoms with Crippen molar-refractivity contribution in [3.63, 3.8) is 0 Å². The molecule has 1 unspecified atom stereocenters. The molecule has 0 aromatic heterocycles. The molecule has 1 aromatic rings. The summed E-state index contributed by atoms with van der Waals surface area (Å²) in [6.45, 7) is 6.61. The minimum absolute atomic E-state index is 0.0109. The molecule has 0 saturated carbocycles. The van der Waals surface area contributed by atoms with Crippen molar-refractivity contribution in [2.45, 2.75) is 49.4 Å². The number of benzene rings is 1. The van der Waals surface area contributed by atoms with Gasteiger partial charge in [0.2, 0.25) is 0 Å². The van der Waals surface area contributed by atoms with E-state index in [4.69, 9.17) is 27.9 Å². The van der Waals surface area contributed by atoms with Crippen LogP contribution in [0.2, 0.25) is 10.0 Å². The number of amides is 1. The Kier molecular flexibility index (Phi) is 5.98. The first kappa shape index (κ1) is 18.6. The van der Waals surface area contributed by atoms with Gasteiger partial charge < -0.3 is 9.64 Å². The smallest absolute Gasteiger partial charge is 0.410 e. The van der Waals surface area contributed by atoms with Crippen LogP contribution in [0, 0.1) is 0 Å². The Hall–Kier alpha value is -0.780. The van der Waals surface area contributed by atoms with Crippen LogP contribution in [-0.2, 0) is 15.5 Å². The van der Waals surface area contributed by atoms with Gasteiger partial charge in [-0.25, -0.2) is 4.79 Å². The highest BCUT2D eigenvalue weighted by atomic mass is 35.5. The second-order valence-electron chi connectivity index (χ2n) is 6.57. The van der Waals surface area contributed by atoms with Crippen LogP contribution in [-0.4, -0.2) is 39.1 Å². The molecule has 1 saturated heterocycles. The molecule has 4 nitrogen and oxygen atoms in total. The van der Waals surface area contributed by atoms with Gasteiger partial charge in [-0.15, -0.1) is 0 Å². The molecular weight excluding hydrogens is 357 g/mol. The molecule has 1 aliphatic rings. The number of hydrogen-bond donors (Lipinski definition) is 0. The lowest BCUT2D eigenvalue weighted by atomic mass is 10.1. The van der Waals surface area contributed by atoms with E-state index in [0.717, 1.165) is 0 Å². The minimum atomic E-state index is -1.19. The van der Waals surface area contributed by atoms with E-state index in [0.29, 0.717) is 40.9 Å². The van der Waals surface area contributed by atoms with Crippen LogP contribution >= 0.6 is 23.2 Å². The third kappa shape index (κ3) is 5.37. The molecule has 0 aliphatic carbocycles. The highest BCUT2D eigenvalue weighted by molar-refractivity contribution is 7.85. The van der Waals surface area contributed by atoms with Crippen molar-refractivity contribution < 1.29 is 13.7 Å². The molecule has 1 atom stereocenters. The monoisotopic (exact) mass is 377 g/mol. The fourth-order valence-corrected chi connectivity index (χ4v) is 4.58. The van der Waals surface area contributed by atoms with Crippen LogP contribution in [0.3, 0.4) is 0 Å². The zero-order valence-electron chi connectivity index (χ0n) is 13.5. The third-order valence-electron chi connectivity index (χ3n) is 3.46. The molecule has 1 amide bonds. The molecule has 0 spiro atoms. The number of halogens is 2. The molecular formula is C16H21Cl2NO3S. The Morgan fingerprint density at radius 3 is 2.17 bits per heavy atom. The summed E-state index contributed by atoms with van der Waals surface area (Å²) in [5, 5.41) is 0.947. The SMILES string of the molecule is CC(C)(C)OC(=O)N1CCC(S(=O)c2cc(Cl)cc(Cl)c2)CC1. The maximum Gasteiger partial charge on any atom is 0.410 e. The number of ether oxygens (including phenoxy) is 1. The number of likely N-dealkylation sites (tertiary alicyclic amines) is 1. The maximum absolute atomic E-state index is 12.7. The molecule has 2 rings (SSSR count). The Morgan fingerprint density at radius 1 is 1.17 bits per heavy atom. The standard InChI is InChI=1S/C16H21Cl2NO3S/c1-16(2,3)22-15(20)19-6-4-13(5-7-19)23(21)14-9-11(17)8-12(18)10-14/h8-10,13H,4-7H2,1-3H3. The quantitative estimate of drug-likeness (QED) is 0.761. The summed E-state index contributed by atoms with van der Waals surface area (Å²) in [6, 6.07) is 4.99. The Labute approximate surface area is 149 Å². The Morgan fingerprint density at radius 2 is 1.70 bits per heavy atom. The van der Waals surface area contributed by atoms with Crippen molar-refractivity contribution in [1.82, 2.24) is 4.90 Å². The summed E-state index contributed by atoms with van der Waals surface area (Å²) >= 11 is 11.9. The van der Waals surface area contributed by atoms with Gasteiger partial charge >= 0.3 is 6.09 Å². The lowest BCUT2D eigenvalue weighted by Gasteiger charge is -2.33. The molecule has 1 fully saturated rings. The highest BCUT2D eigenvalue weighted by Gasteiger charge is 2.29. The summed E-state index contributed by atoms with van der Waals surface area (Å²) in [7, 11) is -1.19. The Bertz CT molecular complexity index is 588. The molecule has 23 heavy (non-hydrogen) atoms. The number of carbonyl (C=O) groups excluding carboxylic acids is 1. The number of rotatable bonds is 2. The second kappa shape index (κ2) is 7.41. The van der Waals surface area contributed by atoms with E-state index >= 15 is 0 Å². The average Bonchev–Trinajstić information content (AvgIpc) is 2.44. The lowest BCUT2D eigenvalue weighted by molar-refractivity contribution is 0.0218. The van der Waals surface area contributed by atoms with E-state index in [2.05, 4.69) is 0 Å². The van der Waals surface area contributed by atoms with E-state index in [1.165, 1.54) is 0 Å². The second-order valence-corrected chi connectivity index (χ2v) is 9.18. The van der Waals surface area contributed by atoms with Gasteiger partial charge in [-0.1, -0.05) is 23.2 Å². The highest BCUT2D eigenvalue weighted by Crippen LogP contribution is 2.27. The van der Waals surface area contributed by atoms with Gasteiger partial charge in [0.1, 0.15) is 5.60 Å². The predicted octanol–water partition coefficient (Wildman–Crippen LogP) is 4.50. The number of carbonyl (C=O) groups is 1. The summed E-state index contributed by atoms with van der Waals surface area (Å²) in [4.78, 5) is 14.4. The number of nitrogens with zero attached hydrogens (tertiary/aromatic N) is 1. The topological polar surface area (TPSA) is 46.6 Å². The van der Waals surface area contributed by atoms with Crippen LogP contribution < -0.4 is 0 Å². The van der Waals surface area contributed by atoms with Crippen LogP contribution in [0.1, 0.15) is 33.6 Å². The fraction of sp³-hybridized carbons (Fsp3) is 0.562. The van der Waals surface area contributed by atoms with E-state index < -0.39 is 16.4 Å². The molecule has 7 heteroatoms. The van der Waals surface area contributed by atoms with Gasteiger partial charge in [0.05, 0.1) is 10.8 Å². The summed E-state index contributed by atoms with van der Waals surface area (Å²) in [5.41, 5.74) is -0.506. The first-order valence-electron chi connectivity index (χ1n) is 7.50. The molecule has 0 N–H and O–H groups in total. The van der Waals surface area contributed by atoms with Crippen molar-refractivity contribution in [2.24, 2.45) is 0 Å². The van der Waals surface area contributed by atoms with Gasteiger partial charge in [0.25, 0.3) is 0 Å². The van der Waals surface area contributed by atoms with Gasteiger partial charge in [0, 0.05) is 33.3 Å². The predicted molar refractivity (Wildman–Crippen MR) is 93.7 cm³/mol. The Balaban J connectivity index is 1.96. The van der Waals surface area contributed by atoms with E-state index in [1.54, 1.807) is 23.1 Å². The zero-order valence-corrected chi connectivity index (χ0v) is 15.8. The summed E-state index contributed by atoms with van der Waals surface area (Å²) in [5.74, 6) is 0. The molecule has 1 aliphatic heterocycles. The summed E-state index contributed by atoms with van der Waals surface area (Å²) < 4.78 is 18.0. The van der Waals surface area contributed by atoms with E-state index in [1.807, 2.05) is 20.8 Å². The van der Waals surface area contributed by atoms with Crippen LogP contribution in [0.5, 0.6) is 0 Å². The molecule has 0 radical (unpaired) electrons. The van der Waals surface area contributed by atoms with Crippen LogP contribution in [0.25, 0.3) is 0 Å². The number of piperidine rings is 1.